The number of likely N-dealkylation sites (tertiary alicyclic amines) is 1. The summed E-state index contributed by atoms with van der Waals surface area (Å²) >= 11 is 0. The SMILES string of the molecule is CCCCC1CCCC1NC(=O)CC1CCN(C(=O)OC(C)(C)C)CC1. The van der Waals surface area contributed by atoms with Crippen LogP contribution < -0.4 is 5.32 Å². The summed E-state index contributed by atoms with van der Waals surface area (Å²) in [6, 6.07) is 0.385. The number of piperidine rings is 1. The van der Waals surface area contributed by atoms with Crippen molar-refractivity contribution in [3.8, 4) is 0 Å². The Balaban J connectivity index is 1.70. The molecule has 2 rings (SSSR count). The molecule has 1 aliphatic heterocycles. The Bertz CT molecular complexity index is 464. The van der Waals surface area contributed by atoms with E-state index >= 15 is 0 Å². The maximum Gasteiger partial charge on any atom is 0.410 e. The molecule has 0 aromatic carbocycles. The maximum atomic E-state index is 12.5. The van der Waals surface area contributed by atoms with Crippen molar-refractivity contribution in [1.82, 2.24) is 10.2 Å². The zero-order chi connectivity index (χ0) is 19.2. The molecule has 5 nitrogen and oxygen atoms in total. The van der Waals surface area contributed by atoms with E-state index in [4.69, 9.17) is 4.74 Å². The summed E-state index contributed by atoms with van der Waals surface area (Å²) in [6.07, 6.45) is 9.52. The second kappa shape index (κ2) is 9.61. The van der Waals surface area contributed by atoms with Gasteiger partial charge in [0.1, 0.15) is 5.60 Å². The smallest absolute Gasteiger partial charge is 0.410 e. The predicted octanol–water partition coefficient (Wildman–Crippen LogP) is 4.50. The molecular formula is C21H38N2O3. The number of carbonyl (C=O) groups excluding carboxylic acids is 2. The van der Waals surface area contributed by atoms with Crippen LogP contribution in [0.15, 0.2) is 0 Å². The highest BCUT2D eigenvalue weighted by molar-refractivity contribution is 5.76. The second-order valence-electron chi connectivity index (χ2n) is 9.12. The molecule has 1 saturated carbocycles. The van der Waals surface area contributed by atoms with Gasteiger partial charge in [-0.15, -0.1) is 0 Å². The first-order chi connectivity index (χ1) is 12.3. The molecule has 5 heteroatoms. The third-order valence-electron chi connectivity index (χ3n) is 5.67. The summed E-state index contributed by atoms with van der Waals surface area (Å²) < 4.78 is 5.43. The molecule has 150 valence electrons. The van der Waals surface area contributed by atoms with Gasteiger partial charge in [0.25, 0.3) is 0 Å². The number of rotatable bonds is 6. The minimum atomic E-state index is -0.455. The molecule has 2 unspecified atom stereocenters. The van der Waals surface area contributed by atoms with Crippen LogP contribution in [-0.2, 0) is 9.53 Å². The number of ether oxygens (including phenoxy) is 1. The minimum Gasteiger partial charge on any atom is -0.444 e. The van der Waals surface area contributed by atoms with Gasteiger partial charge in [-0.1, -0.05) is 26.2 Å². The first-order valence-electron chi connectivity index (χ1n) is 10.6. The highest BCUT2D eigenvalue weighted by Gasteiger charge is 2.30. The van der Waals surface area contributed by atoms with E-state index in [1.807, 2.05) is 20.8 Å². The van der Waals surface area contributed by atoms with Crippen molar-refractivity contribution in [3.05, 3.63) is 0 Å². The fourth-order valence-corrected chi connectivity index (χ4v) is 4.21. The van der Waals surface area contributed by atoms with Crippen LogP contribution in [0.4, 0.5) is 4.79 Å². The third kappa shape index (κ3) is 6.81. The van der Waals surface area contributed by atoms with Crippen LogP contribution in [0.3, 0.4) is 0 Å². The number of amides is 2. The van der Waals surface area contributed by atoms with Crippen LogP contribution in [0.2, 0.25) is 0 Å². The van der Waals surface area contributed by atoms with Gasteiger partial charge in [-0.2, -0.15) is 0 Å². The van der Waals surface area contributed by atoms with Crippen molar-refractivity contribution in [2.45, 2.75) is 97.1 Å². The van der Waals surface area contributed by atoms with E-state index in [-0.39, 0.29) is 12.0 Å². The molecule has 2 aliphatic rings. The van der Waals surface area contributed by atoms with Gasteiger partial charge >= 0.3 is 6.09 Å². The molecule has 0 aromatic rings. The standard InChI is InChI=1S/C21H38N2O3/c1-5-6-8-17-9-7-10-18(17)22-19(24)15-16-11-13-23(14-12-16)20(25)26-21(2,3)4/h16-18H,5-15H2,1-4H3,(H,22,24). The van der Waals surface area contributed by atoms with Gasteiger partial charge in [0.15, 0.2) is 0 Å². The van der Waals surface area contributed by atoms with Gasteiger partial charge in [-0.05, 0) is 64.7 Å². The fraction of sp³-hybridized carbons (Fsp3) is 0.905. The largest absolute Gasteiger partial charge is 0.444 e. The highest BCUT2D eigenvalue weighted by Crippen LogP contribution is 2.30. The summed E-state index contributed by atoms with van der Waals surface area (Å²) in [5.41, 5.74) is -0.455. The van der Waals surface area contributed by atoms with Crippen molar-refractivity contribution in [2.24, 2.45) is 11.8 Å². The Labute approximate surface area is 159 Å². The Morgan fingerprint density at radius 2 is 1.81 bits per heavy atom. The summed E-state index contributed by atoms with van der Waals surface area (Å²) in [7, 11) is 0. The van der Waals surface area contributed by atoms with E-state index in [0.29, 0.717) is 37.4 Å². The van der Waals surface area contributed by atoms with Crippen molar-refractivity contribution in [2.75, 3.05) is 13.1 Å². The molecule has 1 heterocycles. The van der Waals surface area contributed by atoms with Crippen LogP contribution in [0, 0.1) is 11.8 Å². The van der Waals surface area contributed by atoms with Crippen LogP contribution in [0.5, 0.6) is 0 Å². The lowest BCUT2D eigenvalue weighted by atomic mass is 9.92. The lowest BCUT2D eigenvalue weighted by molar-refractivity contribution is -0.123. The normalized spacial score (nSPS) is 24.5. The number of nitrogens with zero attached hydrogens (tertiary/aromatic N) is 1. The average molecular weight is 367 g/mol. The number of nitrogens with one attached hydrogen (secondary N) is 1. The minimum absolute atomic E-state index is 0.203. The van der Waals surface area contributed by atoms with Gasteiger partial charge < -0.3 is 15.0 Å². The molecule has 0 spiro atoms. The van der Waals surface area contributed by atoms with Crippen LogP contribution in [0.25, 0.3) is 0 Å². The van der Waals surface area contributed by atoms with E-state index in [1.165, 1.54) is 32.1 Å². The van der Waals surface area contributed by atoms with Crippen molar-refractivity contribution in [3.63, 3.8) is 0 Å². The number of unbranched alkanes of at least 4 members (excludes halogenated alkanes) is 1. The number of carbonyl (C=O) groups is 2. The van der Waals surface area contributed by atoms with Gasteiger partial charge in [0, 0.05) is 25.6 Å². The molecule has 26 heavy (non-hydrogen) atoms. The molecule has 0 aromatic heterocycles. The molecule has 0 radical (unpaired) electrons. The molecule has 1 aliphatic carbocycles. The third-order valence-corrected chi connectivity index (χ3v) is 5.67. The number of hydrogen-bond acceptors (Lipinski definition) is 3. The van der Waals surface area contributed by atoms with Crippen molar-refractivity contribution < 1.29 is 14.3 Å². The van der Waals surface area contributed by atoms with Crippen molar-refractivity contribution in [1.29, 1.82) is 0 Å². The monoisotopic (exact) mass is 366 g/mol. The number of hydrogen-bond donors (Lipinski definition) is 1. The molecule has 1 N–H and O–H groups in total. The maximum absolute atomic E-state index is 12.5. The van der Waals surface area contributed by atoms with Gasteiger partial charge in [-0.25, -0.2) is 4.79 Å². The van der Waals surface area contributed by atoms with Crippen LogP contribution in [-0.4, -0.2) is 41.6 Å². The summed E-state index contributed by atoms with van der Waals surface area (Å²) in [5.74, 6) is 1.26. The van der Waals surface area contributed by atoms with E-state index in [0.717, 1.165) is 19.3 Å². The Morgan fingerprint density at radius 1 is 1.12 bits per heavy atom. The summed E-state index contributed by atoms with van der Waals surface area (Å²) in [5, 5.41) is 3.31. The topological polar surface area (TPSA) is 58.6 Å². The Morgan fingerprint density at radius 3 is 2.42 bits per heavy atom. The van der Waals surface area contributed by atoms with Crippen molar-refractivity contribution >= 4 is 12.0 Å². The Hall–Kier alpha value is -1.26. The summed E-state index contributed by atoms with van der Waals surface area (Å²) in [6.45, 7) is 9.27. The second-order valence-corrected chi connectivity index (χ2v) is 9.12. The molecule has 0 bridgehead atoms. The van der Waals surface area contributed by atoms with E-state index in [9.17, 15) is 9.59 Å². The van der Waals surface area contributed by atoms with E-state index in [2.05, 4.69) is 12.2 Å². The average Bonchev–Trinajstić information content (AvgIpc) is 2.98. The Kier molecular flexibility index (Phi) is 7.78. The van der Waals surface area contributed by atoms with E-state index < -0.39 is 5.60 Å². The van der Waals surface area contributed by atoms with Gasteiger partial charge in [0.2, 0.25) is 5.91 Å². The molecule has 2 fully saturated rings. The zero-order valence-electron chi connectivity index (χ0n) is 17.2. The molecular weight excluding hydrogens is 328 g/mol. The van der Waals surface area contributed by atoms with Gasteiger partial charge in [0.05, 0.1) is 0 Å². The lowest BCUT2D eigenvalue weighted by Gasteiger charge is -2.33. The van der Waals surface area contributed by atoms with E-state index in [1.54, 1.807) is 4.90 Å². The molecule has 2 amide bonds. The first kappa shape index (κ1) is 21.0. The summed E-state index contributed by atoms with van der Waals surface area (Å²) in [4.78, 5) is 26.4. The first-order valence-corrected chi connectivity index (χ1v) is 10.6. The molecule has 2 atom stereocenters. The highest BCUT2D eigenvalue weighted by atomic mass is 16.6. The fourth-order valence-electron chi connectivity index (χ4n) is 4.21. The zero-order valence-corrected chi connectivity index (χ0v) is 17.2. The molecule has 1 saturated heterocycles. The lowest BCUT2D eigenvalue weighted by Crippen LogP contribution is -2.43. The van der Waals surface area contributed by atoms with Crippen LogP contribution >= 0.6 is 0 Å². The van der Waals surface area contributed by atoms with Gasteiger partial charge in [-0.3, -0.25) is 4.79 Å². The quantitative estimate of drug-likeness (QED) is 0.753. The van der Waals surface area contributed by atoms with Crippen LogP contribution in [0.1, 0.15) is 85.5 Å². The predicted molar refractivity (Wildman–Crippen MR) is 104 cm³/mol.